The van der Waals surface area contributed by atoms with Crippen molar-refractivity contribution in [3.63, 3.8) is 0 Å². The number of methoxy groups -OCH3 is 1. The van der Waals surface area contributed by atoms with Crippen LogP contribution in [0.4, 0.5) is 4.39 Å². The van der Waals surface area contributed by atoms with Crippen molar-refractivity contribution in [2.24, 2.45) is 0 Å². The highest BCUT2D eigenvalue weighted by molar-refractivity contribution is 5.76. The molecule has 0 atom stereocenters. The Balaban J connectivity index is 2.48. The molecule has 0 radical (unpaired) electrons. The predicted molar refractivity (Wildman–Crippen MR) is 73.8 cm³/mol. The molecule has 1 N–H and O–H groups in total. The molecular formula is C15H22FNO2. The van der Waals surface area contributed by atoms with Crippen molar-refractivity contribution in [1.82, 2.24) is 5.32 Å². The molecule has 0 unspecified atom stereocenters. The number of carbonyl (C=O) groups excluding carboxylic acids is 1. The van der Waals surface area contributed by atoms with E-state index >= 15 is 0 Å². The van der Waals surface area contributed by atoms with E-state index in [2.05, 4.69) is 5.32 Å². The molecule has 0 aromatic heterocycles. The van der Waals surface area contributed by atoms with Crippen molar-refractivity contribution >= 4 is 5.91 Å². The molecule has 0 aliphatic rings. The maximum atomic E-state index is 13.5. The van der Waals surface area contributed by atoms with E-state index in [1.165, 1.54) is 13.2 Å². The summed E-state index contributed by atoms with van der Waals surface area (Å²) in [5.41, 5.74) is 0.804. The quantitative estimate of drug-likeness (QED) is 0.824. The Labute approximate surface area is 114 Å². The fraction of sp³-hybridized carbons (Fsp3) is 0.533. The first kappa shape index (κ1) is 15.5. The first-order valence-electron chi connectivity index (χ1n) is 6.72. The van der Waals surface area contributed by atoms with Gasteiger partial charge in [-0.25, -0.2) is 4.39 Å². The van der Waals surface area contributed by atoms with Crippen LogP contribution in [0.15, 0.2) is 18.2 Å². The van der Waals surface area contributed by atoms with Crippen molar-refractivity contribution in [3.8, 4) is 5.75 Å². The van der Waals surface area contributed by atoms with E-state index in [0.29, 0.717) is 12.8 Å². The summed E-state index contributed by atoms with van der Waals surface area (Å²) in [6.07, 6.45) is 2.77. The largest absolute Gasteiger partial charge is 0.494 e. The van der Waals surface area contributed by atoms with Crippen molar-refractivity contribution in [2.75, 3.05) is 7.11 Å². The standard InChI is InChI=1S/C15H22FNO2/c1-4-12(5-2)17-15(18)9-7-11-6-8-14(19-3)13(16)10-11/h6,8,10,12H,4-5,7,9H2,1-3H3,(H,17,18). The second-order valence-corrected chi connectivity index (χ2v) is 4.55. The van der Waals surface area contributed by atoms with E-state index in [1.54, 1.807) is 12.1 Å². The summed E-state index contributed by atoms with van der Waals surface area (Å²) in [7, 11) is 1.43. The van der Waals surface area contributed by atoms with Gasteiger partial charge in [-0.1, -0.05) is 19.9 Å². The minimum absolute atomic E-state index is 0.0185. The number of hydrogen-bond donors (Lipinski definition) is 1. The highest BCUT2D eigenvalue weighted by atomic mass is 19.1. The summed E-state index contributed by atoms with van der Waals surface area (Å²) in [6, 6.07) is 5.03. The lowest BCUT2D eigenvalue weighted by Crippen LogP contribution is -2.33. The lowest BCUT2D eigenvalue weighted by Gasteiger charge is -2.14. The second-order valence-electron chi connectivity index (χ2n) is 4.55. The van der Waals surface area contributed by atoms with Crippen LogP contribution in [0.5, 0.6) is 5.75 Å². The minimum atomic E-state index is -0.389. The van der Waals surface area contributed by atoms with Crippen LogP contribution >= 0.6 is 0 Å². The predicted octanol–water partition coefficient (Wildman–Crippen LogP) is 3.07. The molecule has 0 heterocycles. The molecule has 19 heavy (non-hydrogen) atoms. The SMILES string of the molecule is CCC(CC)NC(=O)CCc1ccc(OC)c(F)c1. The molecule has 0 bridgehead atoms. The summed E-state index contributed by atoms with van der Waals surface area (Å²) in [4.78, 5) is 11.7. The molecule has 0 aliphatic heterocycles. The van der Waals surface area contributed by atoms with E-state index < -0.39 is 0 Å². The Hall–Kier alpha value is -1.58. The van der Waals surface area contributed by atoms with Gasteiger partial charge in [0.25, 0.3) is 0 Å². The number of hydrogen-bond acceptors (Lipinski definition) is 2. The van der Waals surface area contributed by atoms with Gasteiger partial charge in [0, 0.05) is 12.5 Å². The number of benzene rings is 1. The van der Waals surface area contributed by atoms with E-state index in [4.69, 9.17) is 4.74 Å². The Morgan fingerprint density at radius 2 is 2.05 bits per heavy atom. The Morgan fingerprint density at radius 3 is 2.58 bits per heavy atom. The smallest absolute Gasteiger partial charge is 0.220 e. The first-order valence-corrected chi connectivity index (χ1v) is 6.72. The monoisotopic (exact) mass is 267 g/mol. The number of ether oxygens (including phenoxy) is 1. The summed E-state index contributed by atoms with van der Waals surface area (Å²) in [6.45, 7) is 4.10. The number of halogens is 1. The van der Waals surface area contributed by atoms with Gasteiger partial charge in [-0.05, 0) is 37.0 Å². The molecule has 0 spiro atoms. The molecule has 4 heteroatoms. The number of carbonyl (C=O) groups is 1. The van der Waals surface area contributed by atoms with Gasteiger partial charge in [0.05, 0.1) is 7.11 Å². The van der Waals surface area contributed by atoms with Crippen LogP contribution < -0.4 is 10.1 Å². The lowest BCUT2D eigenvalue weighted by atomic mass is 10.1. The van der Waals surface area contributed by atoms with Crippen LogP contribution in [0.3, 0.4) is 0 Å². The molecule has 0 fully saturated rings. The van der Waals surface area contributed by atoms with Gasteiger partial charge in [-0.3, -0.25) is 4.79 Å². The fourth-order valence-electron chi connectivity index (χ4n) is 1.92. The fourth-order valence-corrected chi connectivity index (χ4v) is 1.92. The summed E-state index contributed by atoms with van der Waals surface area (Å²) >= 11 is 0. The van der Waals surface area contributed by atoms with E-state index in [0.717, 1.165) is 18.4 Å². The molecule has 1 aromatic rings. The third-order valence-corrected chi connectivity index (χ3v) is 3.21. The molecule has 0 saturated heterocycles. The van der Waals surface area contributed by atoms with Crippen molar-refractivity contribution in [3.05, 3.63) is 29.6 Å². The highest BCUT2D eigenvalue weighted by Gasteiger charge is 2.09. The molecule has 1 rings (SSSR count). The van der Waals surface area contributed by atoms with Gasteiger partial charge in [-0.2, -0.15) is 0 Å². The molecular weight excluding hydrogens is 245 g/mol. The van der Waals surface area contributed by atoms with E-state index in [-0.39, 0.29) is 23.5 Å². The Kier molecular flexibility index (Phi) is 6.33. The molecule has 3 nitrogen and oxygen atoms in total. The Morgan fingerprint density at radius 1 is 1.37 bits per heavy atom. The number of rotatable bonds is 7. The first-order chi connectivity index (χ1) is 9.10. The van der Waals surface area contributed by atoms with Crippen LogP contribution in [0.25, 0.3) is 0 Å². The minimum Gasteiger partial charge on any atom is -0.494 e. The second kappa shape index (κ2) is 7.77. The van der Waals surface area contributed by atoms with Crippen LogP contribution in [0, 0.1) is 5.82 Å². The lowest BCUT2D eigenvalue weighted by molar-refractivity contribution is -0.121. The van der Waals surface area contributed by atoms with Gasteiger partial charge in [0.2, 0.25) is 5.91 Å². The third-order valence-electron chi connectivity index (χ3n) is 3.21. The maximum Gasteiger partial charge on any atom is 0.220 e. The number of aryl methyl sites for hydroxylation is 1. The van der Waals surface area contributed by atoms with Gasteiger partial charge in [0.1, 0.15) is 0 Å². The average Bonchev–Trinajstić information content (AvgIpc) is 2.42. The molecule has 106 valence electrons. The Bertz CT molecular complexity index is 417. The van der Waals surface area contributed by atoms with E-state index in [9.17, 15) is 9.18 Å². The van der Waals surface area contributed by atoms with Crippen LogP contribution in [-0.4, -0.2) is 19.1 Å². The molecule has 1 amide bonds. The number of nitrogens with one attached hydrogen (secondary N) is 1. The molecule has 1 aromatic carbocycles. The highest BCUT2D eigenvalue weighted by Crippen LogP contribution is 2.18. The average molecular weight is 267 g/mol. The van der Waals surface area contributed by atoms with Gasteiger partial charge >= 0.3 is 0 Å². The van der Waals surface area contributed by atoms with Gasteiger partial charge < -0.3 is 10.1 Å². The zero-order valence-corrected chi connectivity index (χ0v) is 11.8. The zero-order valence-electron chi connectivity index (χ0n) is 11.8. The summed E-state index contributed by atoms with van der Waals surface area (Å²) in [5.74, 6) is -0.143. The van der Waals surface area contributed by atoms with Crippen LogP contribution in [0.2, 0.25) is 0 Å². The normalized spacial score (nSPS) is 10.6. The van der Waals surface area contributed by atoms with Gasteiger partial charge in [-0.15, -0.1) is 0 Å². The third kappa shape index (κ3) is 4.89. The molecule has 0 aliphatic carbocycles. The van der Waals surface area contributed by atoms with Crippen molar-refractivity contribution < 1.29 is 13.9 Å². The van der Waals surface area contributed by atoms with Gasteiger partial charge in [0.15, 0.2) is 11.6 Å². The number of amides is 1. The topological polar surface area (TPSA) is 38.3 Å². The van der Waals surface area contributed by atoms with Crippen molar-refractivity contribution in [2.45, 2.75) is 45.6 Å². The maximum absolute atomic E-state index is 13.5. The van der Waals surface area contributed by atoms with Crippen LogP contribution in [0.1, 0.15) is 38.7 Å². The molecule has 0 saturated carbocycles. The van der Waals surface area contributed by atoms with Crippen molar-refractivity contribution in [1.29, 1.82) is 0 Å². The zero-order chi connectivity index (χ0) is 14.3. The summed E-state index contributed by atoms with van der Waals surface area (Å²) < 4.78 is 18.3. The summed E-state index contributed by atoms with van der Waals surface area (Å²) in [5, 5.41) is 2.97. The van der Waals surface area contributed by atoms with E-state index in [1.807, 2.05) is 13.8 Å². The van der Waals surface area contributed by atoms with Crippen LogP contribution in [-0.2, 0) is 11.2 Å².